The van der Waals surface area contributed by atoms with Gasteiger partial charge in [0, 0.05) is 12.6 Å². The number of aliphatic hydroxyl groups excluding tert-OH is 3. The molecule has 4 N–H and O–H groups in total. The number of hydrogen-bond donors (Lipinski definition) is 4. The van der Waals surface area contributed by atoms with E-state index in [-0.39, 0.29) is 12.4 Å². The first-order valence-electron chi connectivity index (χ1n) is 9.63. The molecule has 0 bridgehead atoms. The standard InChI is InChI=1S/C20H25N3O7/c1-2-29-19(27)13(10-12-6-4-3-5-7-12)21-15-8-9-23(20(28)22-15)18-17(26)16(25)14(11-24)30-18/h3-9,13-14,16-18,24-26H,2,10-11H2,1H3,(H,21,22,28)/t13-,14+,16+,17+,18+/m0/s1. The summed E-state index contributed by atoms with van der Waals surface area (Å²) in [5.74, 6) is -0.326. The third kappa shape index (κ3) is 4.85. The molecule has 30 heavy (non-hydrogen) atoms. The van der Waals surface area contributed by atoms with Gasteiger partial charge in [-0.1, -0.05) is 30.3 Å². The number of rotatable bonds is 8. The van der Waals surface area contributed by atoms with Gasteiger partial charge in [-0.2, -0.15) is 4.98 Å². The van der Waals surface area contributed by atoms with Crippen molar-refractivity contribution in [1.29, 1.82) is 0 Å². The van der Waals surface area contributed by atoms with Crippen LogP contribution in [-0.2, 0) is 20.7 Å². The molecule has 0 amide bonds. The van der Waals surface area contributed by atoms with Gasteiger partial charge in [-0.05, 0) is 18.6 Å². The van der Waals surface area contributed by atoms with Crippen LogP contribution in [0.1, 0.15) is 18.7 Å². The maximum absolute atomic E-state index is 12.5. The van der Waals surface area contributed by atoms with Crippen molar-refractivity contribution in [2.75, 3.05) is 18.5 Å². The zero-order valence-electron chi connectivity index (χ0n) is 16.4. The molecule has 162 valence electrons. The predicted octanol–water partition coefficient (Wildman–Crippen LogP) is -0.559. The second-order valence-corrected chi connectivity index (χ2v) is 6.87. The van der Waals surface area contributed by atoms with Crippen LogP contribution >= 0.6 is 0 Å². The fourth-order valence-electron chi connectivity index (χ4n) is 3.26. The van der Waals surface area contributed by atoms with E-state index in [1.807, 2.05) is 30.3 Å². The lowest BCUT2D eigenvalue weighted by molar-refractivity contribution is -0.144. The highest BCUT2D eigenvalue weighted by molar-refractivity contribution is 5.79. The van der Waals surface area contributed by atoms with E-state index in [4.69, 9.17) is 9.47 Å². The maximum Gasteiger partial charge on any atom is 0.351 e. The van der Waals surface area contributed by atoms with E-state index in [2.05, 4.69) is 10.3 Å². The number of nitrogens with zero attached hydrogens (tertiary/aromatic N) is 2. The number of nitrogens with one attached hydrogen (secondary N) is 1. The van der Waals surface area contributed by atoms with Gasteiger partial charge in [-0.3, -0.25) is 4.57 Å². The average Bonchev–Trinajstić information content (AvgIpc) is 3.02. The van der Waals surface area contributed by atoms with Gasteiger partial charge in [0.05, 0.1) is 13.2 Å². The molecule has 1 fully saturated rings. The Kier molecular flexibility index (Phi) is 7.16. The minimum absolute atomic E-state index is 0.150. The first-order chi connectivity index (χ1) is 14.4. The Labute approximate surface area is 172 Å². The summed E-state index contributed by atoms with van der Waals surface area (Å²) in [6.45, 7) is 1.42. The van der Waals surface area contributed by atoms with Crippen molar-refractivity contribution >= 4 is 11.8 Å². The quantitative estimate of drug-likeness (QED) is 0.414. The fourth-order valence-corrected chi connectivity index (χ4v) is 3.26. The van der Waals surface area contributed by atoms with Gasteiger partial charge in [-0.15, -0.1) is 0 Å². The zero-order chi connectivity index (χ0) is 21.7. The van der Waals surface area contributed by atoms with Crippen molar-refractivity contribution in [3.05, 3.63) is 58.6 Å². The molecule has 0 radical (unpaired) electrons. The molecule has 5 atom stereocenters. The molecular weight excluding hydrogens is 394 g/mol. The van der Waals surface area contributed by atoms with Crippen LogP contribution in [0.3, 0.4) is 0 Å². The van der Waals surface area contributed by atoms with Gasteiger partial charge < -0.3 is 30.1 Å². The number of carbonyl (C=O) groups is 1. The Morgan fingerprint density at radius 1 is 1.27 bits per heavy atom. The summed E-state index contributed by atoms with van der Waals surface area (Å²) < 4.78 is 11.5. The highest BCUT2D eigenvalue weighted by atomic mass is 16.6. The summed E-state index contributed by atoms with van der Waals surface area (Å²) in [6, 6.07) is 10.0. The number of hydrogen-bond acceptors (Lipinski definition) is 9. The van der Waals surface area contributed by atoms with Crippen LogP contribution in [0.25, 0.3) is 0 Å². The van der Waals surface area contributed by atoms with Crippen LogP contribution in [0.5, 0.6) is 0 Å². The molecule has 0 unspecified atom stereocenters. The third-order valence-corrected chi connectivity index (χ3v) is 4.80. The minimum Gasteiger partial charge on any atom is -0.464 e. The van der Waals surface area contributed by atoms with Gasteiger partial charge in [0.1, 0.15) is 30.2 Å². The van der Waals surface area contributed by atoms with Crippen molar-refractivity contribution in [2.45, 2.75) is 43.9 Å². The lowest BCUT2D eigenvalue weighted by Crippen LogP contribution is -2.37. The SMILES string of the molecule is CCOC(=O)[C@H](Cc1ccccc1)Nc1ccn([C@@H]2O[C@H](CO)[C@@H](O)[C@H]2O)c(=O)n1. The summed E-state index contributed by atoms with van der Waals surface area (Å²) in [7, 11) is 0. The summed E-state index contributed by atoms with van der Waals surface area (Å²) in [6.07, 6.45) is -3.25. The van der Waals surface area contributed by atoms with Gasteiger partial charge >= 0.3 is 11.7 Å². The second-order valence-electron chi connectivity index (χ2n) is 6.87. The van der Waals surface area contributed by atoms with Crippen LogP contribution in [0, 0.1) is 0 Å². The Morgan fingerprint density at radius 3 is 2.60 bits per heavy atom. The number of esters is 1. The molecule has 2 heterocycles. The van der Waals surface area contributed by atoms with Crippen molar-refractivity contribution < 1.29 is 29.6 Å². The lowest BCUT2D eigenvalue weighted by Gasteiger charge is -2.20. The topological polar surface area (TPSA) is 143 Å². The molecule has 1 saturated heterocycles. The van der Waals surface area contributed by atoms with E-state index in [9.17, 15) is 24.9 Å². The van der Waals surface area contributed by atoms with Gasteiger partial charge in [-0.25, -0.2) is 9.59 Å². The average molecular weight is 419 g/mol. The Morgan fingerprint density at radius 2 is 2.00 bits per heavy atom. The summed E-state index contributed by atoms with van der Waals surface area (Å²) >= 11 is 0. The molecule has 0 aliphatic carbocycles. The molecule has 10 nitrogen and oxygen atoms in total. The fraction of sp³-hybridized carbons (Fsp3) is 0.450. The molecule has 3 rings (SSSR count). The molecule has 1 aliphatic rings. The van der Waals surface area contributed by atoms with E-state index in [0.29, 0.717) is 6.42 Å². The third-order valence-electron chi connectivity index (χ3n) is 4.80. The van der Waals surface area contributed by atoms with Crippen LogP contribution in [0.2, 0.25) is 0 Å². The molecule has 1 aliphatic heterocycles. The number of benzene rings is 1. The minimum atomic E-state index is -1.40. The molecule has 10 heteroatoms. The number of anilines is 1. The largest absolute Gasteiger partial charge is 0.464 e. The molecule has 1 aromatic heterocycles. The number of aliphatic hydroxyl groups is 3. The molecule has 0 saturated carbocycles. The van der Waals surface area contributed by atoms with Gasteiger partial charge in [0.15, 0.2) is 6.23 Å². The van der Waals surface area contributed by atoms with Crippen molar-refractivity contribution in [3.8, 4) is 0 Å². The lowest BCUT2D eigenvalue weighted by atomic mass is 10.1. The zero-order valence-corrected chi connectivity index (χ0v) is 16.4. The molecule has 0 spiro atoms. The highest BCUT2D eigenvalue weighted by Crippen LogP contribution is 2.28. The Balaban J connectivity index is 1.78. The Hall–Kier alpha value is -2.79. The molecule has 2 aromatic rings. The summed E-state index contributed by atoms with van der Waals surface area (Å²) in [5, 5.41) is 32.1. The van der Waals surface area contributed by atoms with Crippen LogP contribution in [-0.4, -0.2) is 68.4 Å². The van der Waals surface area contributed by atoms with Crippen LogP contribution in [0.15, 0.2) is 47.4 Å². The van der Waals surface area contributed by atoms with Gasteiger partial charge in [0.2, 0.25) is 0 Å². The first kappa shape index (κ1) is 21.9. The number of carbonyl (C=O) groups excluding carboxylic acids is 1. The first-order valence-corrected chi connectivity index (χ1v) is 9.63. The molecular formula is C20H25N3O7. The normalized spacial score (nSPS) is 24.4. The Bertz CT molecular complexity index is 905. The van der Waals surface area contributed by atoms with E-state index >= 15 is 0 Å². The maximum atomic E-state index is 12.5. The number of ether oxygens (including phenoxy) is 2. The van der Waals surface area contributed by atoms with Gasteiger partial charge in [0.25, 0.3) is 0 Å². The smallest absolute Gasteiger partial charge is 0.351 e. The summed E-state index contributed by atoms with van der Waals surface area (Å²) in [5.41, 5.74) is 0.153. The van der Waals surface area contributed by atoms with E-state index in [1.54, 1.807) is 6.92 Å². The van der Waals surface area contributed by atoms with E-state index in [1.165, 1.54) is 12.3 Å². The molecule has 1 aromatic carbocycles. The number of aromatic nitrogens is 2. The monoisotopic (exact) mass is 419 g/mol. The van der Waals surface area contributed by atoms with E-state index < -0.39 is 48.8 Å². The van der Waals surface area contributed by atoms with Crippen molar-refractivity contribution in [3.63, 3.8) is 0 Å². The van der Waals surface area contributed by atoms with Crippen LogP contribution in [0.4, 0.5) is 5.82 Å². The predicted molar refractivity (Wildman–Crippen MR) is 106 cm³/mol. The highest BCUT2D eigenvalue weighted by Gasteiger charge is 2.43. The van der Waals surface area contributed by atoms with Crippen molar-refractivity contribution in [1.82, 2.24) is 9.55 Å². The van der Waals surface area contributed by atoms with Crippen molar-refractivity contribution in [2.24, 2.45) is 0 Å². The van der Waals surface area contributed by atoms with E-state index in [0.717, 1.165) is 10.1 Å². The summed E-state index contributed by atoms with van der Waals surface area (Å²) in [4.78, 5) is 28.7. The van der Waals surface area contributed by atoms with Crippen LogP contribution < -0.4 is 11.0 Å². The second kappa shape index (κ2) is 9.81.